The average molecular weight is 300 g/mol. The Hall–Kier alpha value is -0.240. The van der Waals surface area contributed by atoms with Crippen LogP contribution in [0.25, 0.3) is 0 Å². The second kappa shape index (κ2) is 6.47. The summed E-state index contributed by atoms with van der Waals surface area (Å²) in [4.78, 5) is 0. The van der Waals surface area contributed by atoms with Crippen molar-refractivity contribution in [2.75, 3.05) is 7.05 Å². The molecular formula is C16H23Cl2N. The SMILES string of the molecule is CNC(c1c(Cl)cccc1Cl)C1CCC(C)C(C)C1. The number of nitrogens with one attached hydrogen (secondary N) is 1. The summed E-state index contributed by atoms with van der Waals surface area (Å²) in [6, 6.07) is 6.03. The maximum atomic E-state index is 6.36. The highest BCUT2D eigenvalue weighted by atomic mass is 35.5. The van der Waals surface area contributed by atoms with Gasteiger partial charge in [-0.15, -0.1) is 0 Å². The second-order valence-corrected chi connectivity index (χ2v) is 6.74. The Morgan fingerprint density at radius 3 is 2.26 bits per heavy atom. The first-order chi connectivity index (χ1) is 9.04. The van der Waals surface area contributed by atoms with E-state index in [0.717, 1.165) is 27.4 Å². The molecule has 1 aliphatic rings. The first-order valence-corrected chi connectivity index (χ1v) is 7.91. The van der Waals surface area contributed by atoms with Gasteiger partial charge in [-0.3, -0.25) is 0 Å². The van der Waals surface area contributed by atoms with Gasteiger partial charge in [0.2, 0.25) is 0 Å². The van der Waals surface area contributed by atoms with Gasteiger partial charge in [0.05, 0.1) is 0 Å². The molecule has 0 amide bonds. The lowest BCUT2D eigenvalue weighted by Gasteiger charge is -2.37. The van der Waals surface area contributed by atoms with E-state index in [1.54, 1.807) is 0 Å². The Morgan fingerprint density at radius 2 is 1.74 bits per heavy atom. The number of halogens is 2. The lowest BCUT2D eigenvalue weighted by molar-refractivity contribution is 0.175. The summed E-state index contributed by atoms with van der Waals surface area (Å²) in [6.07, 6.45) is 3.79. The molecule has 0 heterocycles. The lowest BCUT2D eigenvalue weighted by atomic mass is 9.72. The van der Waals surface area contributed by atoms with Crippen LogP contribution in [-0.2, 0) is 0 Å². The number of hydrogen-bond donors (Lipinski definition) is 1. The van der Waals surface area contributed by atoms with Crippen molar-refractivity contribution in [1.82, 2.24) is 5.32 Å². The molecule has 0 aromatic heterocycles. The Morgan fingerprint density at radius 1 is 1.11 bits per heavy atom. The molecular weight excluding hydrogens is 277 g/mol. The highest BCUT2D eigenvalue weighted by Gasteiger charge is 2.32. The fourth-order valence-electron chi connectivity index (χ4n) is 3.32. The lowest BCUT2D eigenvalue weighted by Crippen LogP contribution is -2.31. The van der Waals surface area contributed by atoms with Crippen molar-refractivity contribution < 1.29 is 0 Å². The molecule has 0 bridgehead atoms. The molecule has 1 N–H and O–H groups in total. The van der Waals surface area contributed by atoms with Crippen LogP contribution in [-0.4, -0.2) is 7.05 Å². The van der Waals surface area contributed by atoms with E-state index >= 15 is 0 Å². The molecule has 4 atom stereocenters. The molecule has 0 saturated heterocycles. The van der Waals surface area contributed by atoms with Crippen molar-refractivity contribution in [3.63, 3.8) is 0 Å². The maximum Gasteiger partial charge on any atom is 0.0468 e. The highest BCUT2D eigenvalue weighted by Crippen LogP contribution is 2.43. The van der Waals surface area contributed by atoms with E-state index in [4.69, 9.17) is 23.2 Å². The van der Waals surface area contributed by atoms with Crippen molar-refractivity contribution in [3.8, 4) is 0 Å². The molecule has 1 aromatic rings. The summed E-state index contributed by atoms with van der Waals surface area (Å²) in [5.41, 5.74) is 1.07. The van der Waals surface area contributed by atoms with Gasteiger partial charge in [0, 0.05) is 21.7 Å². The molecule has 1 nitrogen and oxygen atoms in total. The first kappa shape index (κ1) is 15.2. The average Bonchev–Trinajstić information content (AvgIpc) is 2.37. The number of rotatable bonds is 3. The fraction of sp³-hybridized carbons (Fsp3) is 0.625. The van der Waals surface area contributed by atoms with Crippen LogP contribution in [0.3, 0.4) is 0 Å². The van der Waals surface area contributed by atoms with Crippen molar-refractivity contribution >= 4 is 23.2 Å². The molecule has 106 valence electrons. The maximum absolute atomic E-state index is 6.36. The molecule has 2 rings (SSSR count). The Balaban J connectivity index is 2.25. The van der Waals surface area contributed by atoms with Crippen molar-refractivity contribution in [1.29, 1.82) is 0 Å². The van der Waals surface area contributed by atoms with E-state index in [1.807, 2.05) is 25.2 Å². The van der Waals surface area contributed by atoms with Gasteiger partial charge < -0.3 is 5.32 Å². The van der Waals surface area contributed by atoms with E-state index < -0.39 is 0 Å². The first-order valence-electron chi connectivity index (χ1n) is 7.15. The van der Waals surface area contributed by atoms with Crippen LogP contribution in [0.15, 0.2) is 18.2 Å². The smallest absolute Gasteiger partial charge is 0.0468 e. The van der Waals surface area contributed by atoms with Crippen LogP contribution in [0.1, 0.15) is 44.7 Å². The third-order valence-corrected chi connectivity index (χ3v) is 5.39. The Bertz CT molecular complexity index is 413. The number of benzene rings is 1. The molecule has 1 aliphatic carbocycles. The van der Waals surface area contributed by atoms with Crippen LogP contribution < -0.4 is 5.32 Å². The molecule has 19 heavy (non-hydrogen) atoms. The zero-order valence-corrected chi connectivity index (χ0v) is 13.4. The van der Waals surface area contributed by atoms with Gasteiger partial charge in [-0.2, -0.15) is 0 Å². The summed E-state index contributed by atoms with van der Waals surface area (Å²) >= 11 is 12.7. The summed E-state index contributed by atoms with van der Waals surface area (Å²) in [6.45, 7) is 4.72. The zero-order chi connectivity index (χ0) is 14.0. The minimum atomic E-state index is 0.260. The van der Waals surface area contributed by atoms with Crippen molar-refractivity contribution in [2.24, 2.45) is 17.8 Å². The molecule has 1 fully saturated rings. The largest absolute Gasteiger partial charge is 0.313 e. The predicted molar refractivity (Wildman–Crippen MR) is 83.9 cm³/mol. The van der Waals surface area contributed by atoms with Gasteiger partial charge in [0.25, 0.3) is 0 Å². The van der Waals surface area contributed by atoms with E-state index in [9.17, 15) is 0 Å². The van der Waals surface area contributed by atoms with Gasteiger partial charge in [0.15, 0.2) is 0 Å². The topological polar surface area (TPSA) is 12.0 Å². The van der Waals surface area contributed by atoms with Crippen LogP contribution >= 0.6 is 23.2 Å². The monoisotopic (exact) mass is 299 g/mol. The van der Waals surface area contributed by atoms with Crippen LogP contribution in [0.5, 0.6) is 0 Å². The summed E-state index contributed by atoms with van der Waals surface area (Å²) in [5, 5.41) is 4.99. The predicted octanol–water partition coefficient (Wildman–Crippen LogP) is 5.33. The van der Waals surface area contributed by atoms with Crippen LogP contribution in [0.4, 0.5) is 0 Å². The Labute approximate surface area is 126 Å². The standard InChI is InChI=1S/C16H23Cl2N/c1-10-7-8-12(9-11(10)2)16(19-3)15-13(17)5-4-6-14(15)18/h4-6,10-12,16,19H,7-9H2,1-3H3. The summed E-state index contributed by atoms with van der Waals surface area (Å²) in [5.74, 6) is 2.22. The van der Waals surface area contributed by atoms with Gasteiger partial charge in [-0.25, -0.2) is 0 Å². The van der Waals surface area contributed by atoms with Gasteiger partial charge >= 0.3 is 0 Å². The highest BCUT2D eigenvalue weighted by molar-refractivity contribution is 6.36. The molecule has 1 aromatic carbocycles. The third-order valence-electron chi connectivity index (χ3n) is 4.73. The molecule has 3 heteroatoms. The quantitative estimate of drug-likeness (QED) is 0.796. The molecule has 0 spiro atoms. The molecule has 0 radical (unpaired) electrons. The van der Waals surface area contributed by atoms with Crippen LogP contribution in [0.2, 0.25) is 10.0 Å². The van der Waals surface area contributed by atoms with Crippen LogP contribution in [0, 0.1) is 17.8 Å². The van der Waals surface area contributed by atoms with Gasteiger partial charge in [-0.05, 0) is 49.8 Å². The molecule has 0 aliphatic heterocycles. The minimum Gasteiger partial charge on any atom is -0.313 e. The molecule has 1 saturated carbocycles. The number of hydrogen-bond acceptors (Lipinski definition) is 1. The zero-order valence-electron chi connectivity index (χ0n) is 11.9. The van der Waals surface area contributed by atoms with Gasteiger partial charge in [-0.1, -0.05) is 49.5 Å². The van der Waals surface area contributed by atoms with Crippen molar-refractivity contribution in [3.05, 3.63) is 33.8 Å². The summed E-state index contributed by atoms with van der Waals surface area (Å²) < 4.78 is 0. The van der Waals surface area contributed by atoms with Crippen molar-refractivity contribution in [2.45, 2.75) is 39.2 Å². The fourth-order valence-corrected chi connectivity index (χ4v) is 3.95. The van der Waals surface area contributed by atoms with Gasteiger partial charge in [0.1, 0.15) is 0 Å². The third kappa shape index (κ3) is 3.26. The van der Waals surface area contributed by atoms with E-state index in [2.05, 4.69) is 19.2 Å². The van der Waals surface area contributed by atoms with E-state index in [1.165, 1.54) is 19.3 Å². The van der Waals surface area contributed by atoms with E-state index in [-0.39, 0.29) is 6.04 Å². The summed E-state index contributed by atoms with van der Waals surface area (Å²) in [7, 11) is 2.01. The molecule has 4 unspecified atom stereocenters. The minimum absolute atomic E-state index is 0.260. The normalized spacial score (nSPS) is 29.2. The Kier molecular flexibility index (Phi) is 5.16. The second-order valence-electron chi connectivity index (χ2n) is 5.93. The van der Waals surface area contributed by atoms with E-state index in [0.29, 0.717) is 5.92 Å².